The number of hydrogen-bond donors (Lipinski definition) is 1. The van der Waals surface area contributed by atoms with Gasteiger partial charge in [-0.2, -0.15) is 4.98 Å². The highest BCUT2D eigenvalue weighted by Gasteiger charge is 2.00. The highest BCUT2D eigenvalue weighted by atomic mass is 32.2. The first kappa shape index (κ1) is 8.49. The van der Waals surface area contributed by atoms with Crippen molar-refractivity contribution in [1.29, 1.82) is 0 Å². The van der Waals surface area contributed by atoms with Crippen LogP contribution >= 0.6 is 21.2 Å². The summed E-state index contributed by atoms with van der Waals surface area (Å²) in [6.45, 7) is 0. The van der Waals surface area contributed by atoms with Crippen molar-refractivity contribution in [2.45, 2.75) is 5.16 Å². The SMILES string of the molecule is CSc1nc(=O)[nH]c(=O)n1P. The predicted molar refractivity (Wildman–Crippen MR) is 46.0 cm³/mol. The summed E-state index contributed by atoms with van der Waals surface area (Å²) in [6.07, 6.45) is 1.74. The topological polar surface area (TPSA) is 67.8 Å². The van der Waals surface area contributed by atoms with Crippen LogP contribution in [0.4, 0.5) is 0 Å². The number of rotatable bonds is 1. The summed E-state index contributed by atoms with van der Waals surface area (Å²) in [5.74, 6) is 0. The Hall–Kier alpha value is -0.610. The molecule has 0 radical (unpaired) electrons. The van der Waals surface area contributed by atoms with E-state index >= 15 is 0 Å². The average Bonchev–Trinajstić information content (AvgIpc) is 1.96. The Morgan fingerprint density at radius 2 is 2.27 bits per heavy atom. The Balaban J connectivity index is 3.49. The van der Waals surface area contributed by atoms with Crippen LogP contribution < -0.4 is 11.4 Å². The zero-order valence-electron chi connectivity index (χ0n) is 5.70. The molecule has 1 atom stereocenters. The van der Waals surface area contributed by atoms with Crippen LogP contribution in [0.25, 0.3) is 0 Å². The molecule has 5 nitrogen and oxygen atoms in total. The highest BCUT2D eigenvalue weighted by Crippen LogP contribution is 2.07. The van der Waals surface area contributed by atoms with E-state index in [4.69, 9.17) is 0 Å². The molecule has 1 heterocycles. The lowest BCUT2D eigenvalue weighted by Crippen LogP contribution is -2.28. The summed E-state index contributed by atoms with van der Waals surface area (Å²) in [5.41, 5.74) is -1.09. The maximum atomic E-state index is 10.9. The number of H-pyrrole nitrogens is 1. The lowest BCUT2D eigenvalue weighted by molar-refractivity contribution is 0.787. The molecule has 1 aromatic heterocycles. The predicted octanol–water partition coefficient (Wildman–Crippen LogP) is -0.708. The summed E-state index contributed by atoms with van der Waals surface area (Å²) >= 11 is 1.23. The molecule has 1 N–H and O–H groups in total. The second kappa shape index (κ2) is 3.19. The largest absolute Gasteiger partial charge is 0.351 e. The van der Waals surface area contributed by atoms with Crippen molar-refractivity contribution in [3.8, 4) is 0 Å². The van der Waals surface area contributed by atoms with Crippen molar-refractivity contribution in [3.63, 3.8) is 0 Å². The van der Waals surface area contributed by atoms with E-state index in [9.17, 15) is 9.59 Å². The first-order valence-electron chi connectivity index (χ1n) is 2.67. The van der Waals surface area contributed by atoms with Gasteiger partial charge in [0.05, 0.1) is 0 Å². The van der Waals surface area contributed by atoms with Crippen LogP contribution in [0.5, 0.6) is 0 Å². The first-order valence-corrected chi connectivity index (χ1v) is 4.41. The van der Waals surface area contributed by atoms with Gasteiger partial charge in [0.2, 0.25) is 0 Å². The quantitative estimate of drug-likeness (QED) is 0.470. The van der Waals surface area contributed by atoms with Gasteiger partial charge in [0.25, 0.3) is 0 Å². The number of nitrogens with one attached hydrogen (secondary N) is 1. The summed E-state index contributed by atoms with van der Waals surface area (Å²) in [6, 6.07) is 0. The Kier molecular flexibility index (Phi) is 2.46. The molecule has 0 aliphatic carbocycles. The Bertz CT molecular complexity index is 370. The monoisotopic (exact) mass is 191 g/mol. The minimum Gasteiger partial charge on any atom is -0.257 e. The van der Waals surface area contributed by atoms with Gasteiger partial charge in [0.15, 0.2) is 5.16 Å². The second-order valence-corrected chi connectivity index (χ2v) is 2.99. The first-order chi connectivity index (χ1) is 5.15. The van der Waals surface area contributed by atoms with Crippen molar-refractivity contribution in [2.24, 2.45) is 0 Å². The number of thioether (sulfide) groups is 1. The molecule has 0 aliphatic rings. The summed E-state index contributed by atoms with van der Waals surface area (Å²) in [4.78, 5) is 27.0. The minimum absolute atomic E-state index is 0.378. The summed E-state index contributed by atoms with van der Waals surface area (Å²) in [5, 5.41) is 0.378. The van der Waals surface area contributed by atoms with Gasteiger partial charge in [0, 0.05) is 0 Å². The van der Waals surface area contributed by atoms with Gasteiger partial charge in [0.1, 0.15) is 0 Å². The summed E-state index contributed by atoms with van der Waals surface area (Å²) in [7, 11) is 2.16. The Morgan fingerprint density at radius 3 is 2.82 bits per heavy atom. The Morgan fingerprint density at radius 1 is 1.64 bits per heavy atom. The molecule has 1 rings (SSSR count). The van der Waals surface area contributed by atoms with Crippen molar-refractivity contribution in [1.82, 2.24) is 14.3 Å². The van der Waals surface area contributed by atoms with Gasteiger partial charge in [-0.05, 0) is 15.6 Å². The van der Waals surface area contributed by atoms with Crippen LogP contribution in [0.2, 0.25) is 0 Å². The molecular formula is C4H6N3O2PS. The van der Waals surface area contributed by atoms with E-state index in [0.717, 1.165) is 0 Å². The van der Waals surface area contributed by atoms with Crippen molar-refractivity contribution >= 4 is 21.2 Å². The third-order valence-corrected chi connectivity index (χ3v) is 2.34. The minimum atomic E-state index is -0.613. The second-order valence-electron chi connectivity index (χ2n) is 1.70. The van der Waals surface area contributed by atoms with Crippen LogP contribution in [0, 0.1) is 0 Å². The van der Waals surface area contributed by atoms with Crippen LogP contribution in [0.1, 0.15) is 0 Å². The standard InChI is InChI=1S/C4H6N3O2PS/c1-11-4-6-2(8)5-3(9)7(4)10/h10H2,1H3,(H,5,8,9). The van der Waals surface area contributed by atoms with Gasteiger partial charge in [-0.25, -0.2) is 9.59 Å². The number of aromatic nitrogens is 3. The van der Waals surface area contributed by atoms with Gasteiger partial charge in [-0.3, -0.25) is 9.32 Å². The van der Waals surface area contributed by atoms with Gasteiger partial charge >= 0.3 is 11.4 Å². The van der Waals surface area contributed by atoms with E-state index in [1.807, 2.05) is 4.98 Å². The zero-order valence-corrected chi connectivity index (χ0v) is 7.67. The van der Waals surface area contributed by atoms with Crippen LogP contribution in [-0.4, -0.2) is 20.6 Å². The number of nitrogens with zero attached hydrogens (tertiary/aromatic N) is 2. The molecule has 7 heteroatoms. The van der Waals surface area contributed by atoms with E-state index in [0.29, 0.717) is 5.16 Å². The maximum absolute atomic E-state index is 10.9. The molecule has 60 valence electrons. The van der Waals surface area contributed by atoms with Crippen LogP contribution in [-0.2, 0) is 0 Å². The molecule has 0 aliphatic heterocycles. The summed E-state index contributed by atoms with van der Waals surface area (Å²) < 4.78 is 1.20. The van der Waals surface area contributed by atoms with Crippen molar-refractivity contribution in [3.05, 3.63) is 21.0 Å². The highest BCUT2D eigenvalue weighted by molar-refractivity contribution is 7.98. The molecule has 0 fully saturated rings. The lowest BCUT2D eigenvalue weighted by atomic mass is 11.0. The van der Waals surface area contributed by atoms with E-state index < -0.39 is 11.4 Å². The Labute approximate surface area is 68.5 Å². The molecule has 1 aromatic rings. The molecule has 0 bridgehead atoms. The van der Waals surface area contributed by atoms with Crippen LogP contribution in [0.15, 0.2) is 14.7 Å². The van der Waals surface area contributed by atoms with Gasteiger partial charge in [-0.15, -0.1) is 0 Å². The molecule has 0 saturated carbocycles. The molecule has 0 aromatic carbocycles. The normalized spacial score (nSPS) is 10.0. The van der Waals surface area contributed by atoms with Crippen molar-refractivity contribution in [2.75, 3.05) is 6.26 Å². The zero-order chi connectivity index (χ0) is 8.43. The molecule has 0 amide bonds. The van der Waals surface area contributed by atoms with E-state index in [1.54, 1.807) is 6.26 Å². The lowest BCUT2D eigenvalue weighted by Gasteiger charge is -1.99. The fraction of sp³-hybridized carbons (Fsp3) is 0.250. The number of aromatic amines is 1. The molecule has 0 saturated heterocycles. The fourth-order valence-electron chi connectivity index (χ4n) is 0.551. The van der Waals surface area contributed by atoms with Gasteiger partial charge in [-0.1, -0.05) is 11.8 Å². The third kappa shape index (κ3) is 1.70. The van der Waals surface area contributed by atoms with E-state index in [1.165, 1.54) is 16.1 Å². The van der Waals surface area contributed by atoms with Crippen molar-refractivity contribution < 1.29 is 0 Å². The van der Waals surface area contributed by atoms with E-state index in [2.05, 4.69) is 14.4 Å². The van der Waals surface area contributed by atoms with Gasteiger partial charge < -0.3 is 0 Å². The van der Waals surface area contributed by atoms with Crippen LogP contribution in [0.3, 0.4) is 0 Å². The average molecular weight is 191 g/mol. The molecule has 11 heavy (non-hydrogen) atoms. The molecule has 0 spiro atoms. The number of hydrogen-bond acceptors (Lipinski definition) is 4. The smallest absolute Gasteiger partial charge is 0.257 e. The molecular weight excluding hydrogens is 185 g/mol. The fourth-order valence-corrected chi connectivity index (χ4v) is 1.44. The van der Waals surface area contributed by atoms with E-state index in [-0.39, 0.29) is 0 Å². The maximum Gasteiger partial charge on any atom is 0.351 e. The third-order valence-electron chi connectivity index (χ3n) is 1.02. The molecule has 1 unspecified atom stereocenters.